The molecular formula is C15H16N2O. The number of pyridine rings is 1. The van der Waals surface area contributed by atoms with Crippen molar-refractivity contribution in [3.8, 4) is 0 Å². The third-order valence-electron chi connectivity index (χ3n) is 2.80. The van der Waals surface area contributed by atoms with Gasteiger partial charge < -0.3 is 4.90 Å². The number of aryl methyl sites for hydroxylation is 1. The van der Waals surface area contributed by atoms with Gasteiger partial charge in [0, 0.05) is 26.0 Å². The summed E-state index contributed by atoms with van der Waals surface area (Å²) < 4.78 is 0. The van der Waals surface area contributed by atoms with E-state index in [1.54, 1.807) is 36.5 Å². The van der Waals surface area contributed by atoms with Crippen LogP contribution in [-0.4, -0.2) is 22.8 Å². The van der Waals surface area contributed by atoms with E-state index < -0.39 is 0 Å². The number of hydrogen-bond donors (Lipinski definition) is 0. The highest BCUT2D eigenvalue weighted by atomic mass is 16.2. The van der Waals surface area contributed by atoms with Gasteiger partial charge in [0.25, 0.3) is 5.91 Å². The van der Waals surface area contributed by atoms with Gasteiger partial charge in [-0.25, -0.2) is 0 Å². The summed E-state index contributed by atoms with van der Waals surface area (Å²) in [7, 11) is 1.80. The molecular weight excluding hydrogens is 224 g/mol. The lowest BCUT2D eigenvalue weighted by Gasteiger charge is -2.17. The van der Waals surface area contributed by atoms with Crippen LogP contribution in [0.15, 0.2) is 48.8 Å². The summed E-state index contributed by atoms with van der Waals surface area (Å²) in [5, 5.41) is 0. The van der Waals surface area contributed by atoms with Gasteiger partial charge in [-0.2, -0.15) is 0 Å². The van der Waals surface area contributed by atoms with Crippen molar-refractivity contribution in [2.24, 2.45) is 0 Å². The molecule has 1 amide bonds. The van der Waals surface area contributed by atoms with Crippen molar-refractivity contribution in [2.45, 2.75) is 13.5 Å². The Bertz CT molecular complexity index is 520. The quantitative estimate of drug-likeness (QED) is 0.826. The van der Waals surface area contributed by atoms with Crippen LogP contribution in [0.25, 0.3) is 0 Å². The number of amides is 1. The molecule has 18 heavy (non-hydrogen) atoms. The van der Waals surface area contributed by atoms with Crippen LogP contribution in [-0.2, 0) is 6.54 Å². The van der Waals surface area contributed by atoms with Gasteiger partial charge in [0.2, 0.25) is 0 Å². The van der Waals surface area contributed by atoms with Gasteiger partial charge in [0.05, 0.1) is 5.56 Å². The van der Waals surface area contributed by atoms with E-state index in [9.17, 15) is 4.79 Å². The fourth-order valence-corrected chi connectivity index (χ4v) is 1.75. The van der Waals surface area contributed by atoms with Crippen LogP contribution in [0.4, 0.5) is 0 Å². The molecule has 0 saturated heterocycles. The smallest absolute Gasteiger partial charge is 0.255 e. The molecule has 3 nitrogen and oxygen atoms in total. The Kier molecular flexibility index (Phi) is 3.72. The SMILES string of the molecule is Cc1ccc(CN(C)C(=O)c2cccnc2)cc1. The zero-order valence-electron chi connectivity index (χ0n) is 10.6. The predicted molar refractivity (Wildman–Crippen MR) is 71.2 cm³/mol. The second-order valence-electron chi connectivity index (χ2n) is 4.39. The topological polar surface area (TPSA) is 33.2 Å². The molecule has 2 rings (SSSR count). The van der Waals surface area contributed by atoms with Gasteiger partial charge in [0.1, 0.15) is 0 Å². The molecule has 1 aromatic heterocycles. The van der Waals surface area contributed by atoms with Crippen molar-refractivity contribution in [1.29, 1.82) is 0 Å². The van der Waals surface area contributed by atoms with Crippen molar-refractivity contribution in [1.82, 2.24) is 9.88 Å². The monoisotopic (exact) mass is 240 g/mol. The van der Waals surface area contributed by atoms with Gasteiger partial charge >= 0.3 is 0 Å². The molecule has 0 N–H and O–H groups in total. The fourth-order valence-electron chi connectivity index (χ4n) is 1.75. The minimum atomic E-state index is -0.0105. The first kappa shape index (κ1) is 12.3. The van der Waals surface area contributed by atoms with Crippen molar-refractivity contribution in [2.75, 3.05) is 7.05 Å². The van der Waals surface area contributed by atoms with Crippen LogP contribution in [0, 0.1) is 6.92 Å². The summed E-state index contributed by atoms with van der Waals surface area (Å²) in [6, 6.07) is 11.7. The highest BCUT2D eigenvalue weighted by molar-refractivity contribution is 5.93. The number of hydrogen-bond acceptors (Lipinski definition) is 2. The minimum absolute atomic E-state index is 0.0105. The Morgan fingerprint density at radius 3 is 2.56 bits per heavy atom. The standard InChI is InChI=1S/C15H16N2O/c1-12-5-7-13(8-6-12)11-17(2)15(18)14-4-3-9-16-10-14/h3-10H,11H2,1-2H3. The van der Waals surface area contributed by atoms with E-state index in [4.69, 9.17) is 0 Å². The van der Waals surface area contributed by atoms with Crippen molar-refractivity contribution in [3.63, 3.8) is 0 Å². The molecule has 0 aliphatic rings. The molecule has 0 atom stereocenters. The van der Waals surface area contributed by atoms with Gasteiger partial charge in [-0.15, -0.1) is 0 Å². The summed E-state index contributed by atoms with van der Waals surface area (Å²) in [5.41, 5.74) is 2.97. The first-order chi connectivity index (χ1) is 8.66. The zero-order valence-corrected chi connectivity index (χ0v) is 10.6. The fraction of sp³-hybridized carbons (Fsp3) is 0.200. The minimum Gasteiger partial charge on any atom is -0.337 e. The van der Waals surface area contributed by atoms with E-state index >= 15 is 0 Å². The normalized spacial score (nSPS) is 10.1. The van der Waals surface area contributed by atoms with Crippen LogP contribution in [0.2, 0.25) is 0 Å². The molecule has 1 heterocycles. The lowest BCUT2D eigenvalue weighted by atomic mass is 10.1. The second kappa shape index (κ2) is 5.45. The predicted octanol–water partition coefficient (Wildman–Crippen LogP) is 2.66. The number of aromatic nitrogens is 1. The highest BCUT2D eigenvalue weighted by Crippen LogP contribution is 2.08. The van der Waals surface area contributed by atoms with E-state index in [0.29, 0.717) is 12.1 Å². The Balaban J connectivity index is 2.06. The molecule has 0 aliphatic heterocycles. The van der Waals surface area contributed by atoms with Crippen LogP contribution >= 0.6 is 0 Å². The van der Waals surface area contributed by atoms with E-state index in [-0.39, 0.29) is 5.91 Å². The Labute approximate surface area is 107 Å². The van der Waals surface area contributed by atoms with Crippen LogP contribution in [0.3, 0.4) is 0 Å². The summed E-state index contributed by atoms with van der Waals surface area (Å²) in [6.45, 7) is 2.66. The Morgan fingerprint density at radius 1 is 1.22 bits per heavy atom. The number of carbonyl (C=O) groups is 1. The lowest BCUT2D eigenvalue weighted by molar-refractivity contribution is 0.0784. The maximum Gasteiger partial charge on any atom is 0.255 e. The first-order valence-electron chi connectivity index (χ1n) is 5.88. The number of nitrogens with zero attached hydrogens (tertiary/aromatic N) is 2. The largest absolute Gasteiger partial charge is 0.337 e. The maximum atomic E-state index is 12.1. The molecule has 92 valence electrons. The van der Waals surface area contributed by atoms with E-state index in [1.165, 1.54) is 5.56 Å². The third-order valence-corrected chi connectivity index (χ3v) is 2.80. The molecule has 0 radical (unpaired) electrons. The molecule has 0 aliphatic carbocycles. The lowest BCUT2D eigenvalue weighted by Crippen LogP contribution is -2.26. The van der Waals surface area contributed by atoms with E-state index in [2.05, 4.69) is 17.1 Å². The average Bonchev–Trinajstić information content (AvgIpc) is 2.41. The van der Waals surface area contributed by atoms with Gasteiger partial charge in [-0.3, -0.25) is 9.78 Å². The third kappa shape index (κ3) is 2.94. The van der Waals surface area contributed by atoms with Crippen molar-refractivity contribution >= 4 is 5.91 Å². The summed E-state index contributed by atoms with van der Waals surface area (Å²) >= 11 is 0. The van der Waals surface area contributed by atoms with Gasteiger partial charge in [-0.05, 0) is 24.6 Å². The maximum absolute atomic E-state index is 12.1. The average molecular weight is 240 g/mol. The number of benzene rings is 1. The van der Waals surface area contributed by atoms with E-state index in [0.717, 1.165) is 5.56 Å². The van der Waals surface area contributed by atoms with Crippen molar-refractivity contribution in [3.05, 3.63) is 65.5 Å². The molecule has 0 spiro atoms. The molecule has 0 unspecified atom stereocenters. The Hall–Kier alpha value is -2.16. The molecule has 0 fully saturated rings. The molecule has 3 heteroatoms. The number of carbonyl (C=O) groups excluding carboxylic acids is 1. The zero-order chi connectivity index (χ0) is 13.0. The molecule has 1 aromatic carbocycles. The summed E-state index contributed by atoms with van der Waals surface area (Å²) in [6.07, 6.45) is 3.25. The first-order valence-corrected chi connectivity index (χ1v) is 5.88. The van der Waals surface area contributed by atoms with Gasteiger partial charge in [-0.1, -0.05) is 29.8 Å². The summed E-state index contributed by atoms with van der Waals surface area (Å²) in [5.74, 6) is -0.0105. The molecule has 0 bridgehead atoms. The van der Waals surface area contributed by atoms with Gasteiger partial charge in [0.15, 0.2) is 0 Å². The number of rotatable bonds is 3. The molecule has 0 saturated carbocycles. The summed E-state index contributed by atoms with van der Waals surface area (Å²) in [4.78, 5) is 17.8. The Morgan fingerprint density at radius 2 is 1.94 bits per heavy atom. The van der Waals surface area contributed by atoms with E-state index in [1.807, 2.05) is 19.1 Å². The molecule has 2 aromatic rings. The van der Waals surface area contributed by atoms with Crippen molar-refractivity contribution < 1.29 is 4.79 Å². The highest BCUT2D eigenvalue weighted by Gasteiger charge is 2.11. The van der Waals surface area contributed by atoms with Crippen LogP contribution in [0.5, 0.6) is 0 Å². The van der Waals surface area contributed by atoms with Crippen LogP contribution < -0.4 is 0 Å². The van der Waals surface area contributed by atoms with Crippen LogP contribution in [0.1, 0.15) is 21.5 Å². The second-order valence-corrected chi connectivity index (χ2v) is 4.39.